The molecule has 0 heterocycles. The van der Waals surface area contributed by atoms with Crippen molar-refractivity contribution in [2.45, 2.75) is 25.5 Å². The zero-order valence-electron chi connectivity index (χ0n) is 14.0. The van der Waals surface area contributed by atoms with Gasteiger partial charge >= 0.3 is 0 Å². The van der Waals surface area contributed by atoms with Gasteiger partial charge < -0.3 is 15.6 Å². The summed E-state index contributed by atoms with van der Waals surface area (Å²) in [6.07, 6.45) is -0.770. The first kappa shape index (κ1) is 18.0. The summed E-state index contributed by atoms with van der Waals surface area (Å²) >= 11 is 0. The van der Waals surface area contributed by atoms with Crippen molar-refractivity contribution in [1.29, 1.82) is 0 Å². The first-order chi connectivity index (χ1) is 11.4. The van der Waals surface area contributed by atoms with Gasteiger partial charge in [-0.05, 0) is 31.5 Å². The number of benzene rings is 2. The molecule has 0 radical (unpaired) electrons. The molecule has 0 saturated heterocycles. The third-order valence-corrected chi connectivity index (χ3v) is 4.00. The molecule has 0 bridgehead atoms. The molecule has 2 rings (SSSR count). The van der Waals surface area contributed by atoms with Gasteiger partial charge in [-0.25, -0.2) is 0 Å². The molecule has 128 valence electrons. The Kier molecular flexibility index (Phi) is 5.95. The molecule has 2 aromatic carbocycles. The lowest BCUT2D eigenvalue weighted by molar-refractivity contribution is -0.124. The van der Waals surface area contributed by atoms with E-state index in [-0.39, 0.29) is 13.2 Å². The van der Waals surface area contributed by atoms with E-state index in [1.165, 1.54) is 0 Å². The van der Waals surface area contributed by atoms with Crippen molar-refractivity contribution < 1.29 is 14.6 Å². The van der Waals surface area contributed by atoms with Crippen LogP contribution in [-0.4, -0.2) is 30.3 Å². The molecule has 0 aromatic heterocycles. The summed E-state index contributed by atoms with van der Waals surface area (Å²) in [4.78, 5) is 11.9. The van der Waals surface area contributed by atoms with Crippen LogP contribution in [0.4, 0.5) is 0 Å². The second kappa shape index (κ2) is 7.95. The molecular weight excluding hydrogens is 304 g/mol. The number of nitrogens with one attached hydrogen (secondary N) is 1. The second-order valence-corrected chi connectivity index (χ2v) is 6.01. The lowest BCUT2D eigenvalue weighted by atomic mass is 9.91. The zero-order valence-corrected chi connectivity index (χ0v) is 14.0. The number of aryl methyl sites for hydroxylation is 1. The van der Waals surface area contributed by atoms with Crippen LogP contribution < -0.4 is 15.8 Å². The molecule has 0 aliphatic rings. The van der Waals surface area contributed by atoms with Gasteiger partial charge in [0.1, 0.15) is 24.0 Å². The maximum atomic E-state index is 11.9. The Bertz CT molecular complexity index is 658. The minimum absolute atomic E-state index is 0.125. The van der Waals surface area contributed by atoms with Gasteiger partial charge in [0, 0.05) is 6.54 Å². The number of aliphatic hydroxyl groups is 1. The predicted octanol–water partition coefficient (Wildman–Crippen LogP) is 1.73. The quantitative estimate of drug-likeness (QED) is 0.689. The Morgan fingerprint density at radius 2 is 1.83 bits per heavy atom. The summed E-state index contributed by atoms with van der Waals surface area (Å²) in [6.45, 7) is 4.01. The minimum Gasteiger partial charge on any atom is -0.491 e. The van der Waals surface area contributed by atoms with Gasteiger partial charge in [-0.1, -0.05) is 48.0 Å². The average Bonchev–Trinajstić information content (AvgIpc) is 2.59. The number of hydrogen-bond acceptors (Lipinski definition) is 4. The number of carbonyl (C=O) groups is 1. The van der Waals surface area contributed by atoms with E-state index in [2.05, 4.69) is 5.32 Å². The molecule has 1 amide bonds. The Labute approximate surface area is 142 Å². The standard InChI is InChI=1S/C19H24N2O3/c1-14-8-10-17(11-9-14)24-13-16(22)12-21-19(2,18(20)23)15-6-4-3-5-7-15/h3-11,16,21-22H,12-13H2,1-2H3,(H2,20,23). The van der Waals surface area contributed by atoms with Crippen LogP contribution in [0, 0.1) is 6.92 Å². The Hall–Kier alpha value is -2.37. The van der Waals surface area contributed by atoms with Crippen LogP contribution in [0.25, 0.3) is 0 Å². The van der Waals surface area contributed by atoms with Gasteiger partial charge in [0.25, 0.3) is 0 Å². The van der Waals surface area contributed by atoms with Gasteiger partial charge in [0.05, 0.1) is 0 Å². The molecule has 2 atom stereocenters. The fourth-order valence-corrected chi connectivity index (χ4v) is 2.31. The third kappa shape index (κ3) is 4.57. The van der Waals surface area contributed by atoms with E-state index in [1.54, 1.807) is 6.92 Å². The summed E-state index contributed by atoms with van der Waals surface area (Å²) in [5.74, 6) is 0.195. The van der Waals surface area contributed by atoms with E-state index in [4.69, 9.17) is 10.5 Å². The Balaban J connectivity index is 1.92. The molecule has 0 spiro atoms. The molecule has 5 nitrogen and oxygen atoms in total. The van der Waals surface area contributed by atoms with Crippen molar-refractivity contribution in [2.75, 3.05) is 13.2 Å². The maximum Gasteiger partial charge on any atom is 0.242 e. The number of ether oxygens (including phenoxy) is 1. The Morgan fingerprint density at radius 3 is 2.42 bits per heavy atom. The molecule has 2 unspecified atom stereocenters. The number of nitrogens with two attached hydrogens (primary N) is 1. The lowest BCUT2D eigenvalue weighted by Crippen LogP contribution is -2.53. The molecule has 0 aliphatic carbocycles. The number of amides is 1. The number of primary amides is 1. The Morgan fingerprint density at radius 1 is 1.21 bits per heavy atom. The van der Waals surface area contributed by atoms with Crippen molar-refractivity contribution in [3.8, 4) is 5.75 Å². The van der Waals surface area contributed by atoms with Crippen LogP contribution in [0.15, 0.2) is 54.6 Å². The number of rotatable bonds is 8. The van der Waals surface area contributed by atoms with Crippen molar-refractivity contribution in [3.05, 3.63) is 65.7 Å². The van der Waals surface area contributed by atoms with Crippen molar-refractivity contribution in [1.82, 2.24) is 5.32 Å². The highest BCUT2D eigenvalue weighted by molar-refractivity contribution is 5.85. The van der Waals surface area contributed by atoms with Gasteiger partial charge in [-0.3, -0.25) is 10.1 Å². The monoisotopic (exact) mass is 328 g/mol. The fourth-order valence-electron chi connectivity index (χ4n) is 2.31. The highest BCUT2D eigenvalue weighted by atomic mass is 16.5. The van der Waals surface area contributed by atoms with Gasteiger partial charge in [-0.2, -0.15) is 0 Å². The van der Waals surface area contributed by atoms with E-state index < -0.39 is 17.6 Å². The number of aliphatic hydroxyl groups excluding tert-OH is 1. The molecule has 5 heteroatoms. The van der Waals surface area contributed by atoms with Crippen LogP contribution in [0.1, 0.15) is 18.1 Å². The largest absolute Gasteiger partial charge is 0.491 e. The van der Waals surface area contributed by atoms with Crippen LogP contribution >= 0.6 is 0 Å². The molecule has 24 heavy (non-hydrogen) atoms. The summed E-state index contributed by atoms with van der Waals surface area (Å²) in [7, 11) is 0. The SMILES string of the molecule is Cc1ccc(OCC(O)CNC(C)(C(N)=O)c2ccccc2)cc1. The lowest BCUT2D eigenvalue weighted by Gasteiger charge is -2.29. The zero-order chi connectivity index (χ0) is 17.6. The molecule has 0 fully saturated rings. The van der Waals surface area contributed by atoms with Crippen molar-refractivity contribution in [2.24, 2.45) is 5.73 Å². The van der Waals surface area contributed by atoms with Gasteiger partial charge in [-0.15, -0.1) is 0 Å². The number of carbonyl (C=O) groups excluding carboxylic acids is 1. The molecule has 4 N–H and O–H groups in total. The third-order valence-electron chi connectivity index (χ3n) is 4.00. The van der Waals surface area contributed by atoms with E-state index in [0.29, 0.717) is 5.75 Å². The van der Waals surface area contributed by atoms with Crippen LogP contribution in [0.3, 0.4) is 0 Å². The summed E-state index contributed by atoms with van der Waals surface area (Å²) in [6, 6.07) is 16.8. The second-order valence-electron chi connectivity index (χ2n) is 6.01. The molecular formula is C19H24N2O3. The van der Waals surface area contributed by atoms with E-state index >= 15 is 0 Å². The average molecular weight is 328 g/mol. The molecule has 2 aromatic rings. The van der Waals surface area contributed by atoms with Crippen molar-refractivity contribution >= 4 is 5.91 Å². The first-order valence-electron chi connectivity index (χ1n) is 7.90. The topological polar surface area (TPSA) is 84.6 Å². The van der Waals surface area contributed by atoms with Crippen LogP contribution in [0.2, 0.25) is 0 Å². The normalized spacial score (nSPS) is 14.6. The molecule has 0 aliphatic heterocycles. The minimum atomic E-state index is -1.05. The smallest absolute Gasteiger partial charge is 0.242 e. The highest BCUT2D eigenvalue weighted by Crippen LogP contribution is 2.20. The van der Waals surface area contributed by atoms with Crippen LogP contribution in [-0.2, 0) is 10.3 Å². The van der Waals surface area contributed by atoms with Gasteiger partial charge in [0.15, 0.2) is 0 Å². The highest BCUT2D eigenvalue weighted by Gasteiger charge is 2.33. The van der Waals surface area contributed by atoms with E-state index in [9.17, 15) is 9.90 Å². The van der Waals surface area contributed by atoms with Crippen LogP contribution in [0.5, 0.6) is 5.75 Å². The molecule has 0 saturated carbocycles. The summed E-state index contributed by atoms with van der Waals surface area (Å²) in [5.41, 5.74) is 6.40. The van der Waals surface area contributed by atoms with E-state index in [0.717, 1.165) is 11.1 Å². The fraction of sp³-hybridized carbons (Fsp3) is 0.316. The number of hydrogen-bond donors (Lipinski definition) is 3. The maximum absolute atomic E-state index is 11.9. The predicted molar refractivity (Wildman–Crippen MR) is 93.7 cm³/mol. The van der Waals surface area contributed by atoms with Crippen molar-refractivity contribution in [3.63, 3.8) is 0 Å². The van der Waals surface area contributed by atoms with Gasteiger partial charge in [0.2, 0.25) is 5.91 Å². The summed E-state index contributed by atoms with van der Waals surface area (Å²) < 4.78 is 5.55. The summed E-state index contributed by atoms with van der Waals surface area (Å²) in [5, 5.41) is 13.2. The van der Waals surface area contributed by atoms with E-state index in [1.807, 2.05) is 61.5 Å². The first-order valence-corrected chi connectivity index (χ1v) is 7.90.